The predicted octanol–water partition coefficient (Wildman–Crippen LogP) is 0.898. The van der Waals surface area contributed by atoms with Crippen molar-refractivity contribution in [3.05, 3.63) is 17.7 Å². The zero-order valence-corrected chi connectivity index (χ0v) is 8.48. The Bertz CT molecular complexity index is 424. The van der Waals surface area contributed by atoms with Gasteiger partial charge in [0.1, 0.15) is 11.6 Å². The van der Waals surface area contributed by atoms with Gasteiger partial charge >= 0.3 is 0 Å². The Morgan fingerprint density at radius 1 is 1.62 bits per heavy atom. The molecule has 0 saturated carbocycles. The van der Waals surface area contributed by atoms with E-state index in [4.69, 9.17) is 10.7 Å². The number of imidazole rings is 1. The van der Waals surface area contributed by atoms with Crippen LogP contribution >= 0.6 is 10.7 Å². The number of halogens is 1. The fourth-order valence-electron chi connectivity index (χ4n) is 1.61. The molecular formula is C7H9ClN2O2S. The summed E-state index contributed by atoms with van der Waals surface area (Å²) in [5, 5.41) is 0. The Balaban J connectivity index is 2.32. The molecule has 0 bridgehead atoms. The summed E-state index contributed by atoms with van der Waals surface area (Å²) in [6, 6.07) is 0. The molecule has 72 valence electrons. The van der Waals surface area contributed by atoms with Crippen molar-refractivity contribution in [2.75, 3.05) is 0 Å². The highest BCUT2D eigenvalue weighted by atomic mass is 35.7. The molecule has 0 aliphatic carbocycles. The van der Waals surface area contributed by atoms with Crippen molar-refractivity contribution in [3.8, 4) is 0 Å². The Hall–Kier alpha value is -0.550. The number of aryl methyl sites for hydroxylation is 1. The molecule has 0 N–H and O–H groups in total. The minimum absolute atomic E-state index is 0.123. The molecule has 6 heteroatoms. The number of hydrogen-bond donors (Lipinski definition) is 0. The van der Waals surface area contributed by atoms with Crippen LogP contribution in [0, 0.1) is 0 Å². The average molecular weight is 221 g/mol. The number of fused-ring (bicyclic) bond motifs is 1. The van der Waals surface area contributed by atoms with Crippen LogP contribution in [0.25, 0.3) is 0 Å². The molecule has 0 saturated heterocycles. The molecular weight excluding hydrogens is 212 g/mol. The fraction of sp³-hybridized carbons (Fsp3) is 0.571. The third kappa shape index (κ3) is 1.86. The van der Waals surface area contributed by atoms with E-state index in [9.17, 15) is 8.42 Å². The van der Waals surface area contributed by atoms with Crippen molar-refractivity contribution < 1.29 is 8.42 Å². The van der Waals surface area contributed by atoms with Gasteiger partial charge in [0, 0.05) is 29.8 Å². The third-order valence-corrected chi connectivity index (χ3v) is 3.09. The minimum Gasteiger partial charge on any atom is -0.331 e. The summed E-state index contributed by atoms with van der Waals surface area (Å²) in [6.07, 6.45) is 3.56. The normalized spacial score (nSPS) is 16.1. The number of aromatic nitrogens is 2. The third-order valence-electron chi connectivity index (χ3n) is 2.12. The smallest absolute Gasteiger partial charge is 0.238 e. The van der Waals surface area contributed by atoms with Crippen LogP contribution < -0.4 is 0 Å². The molecule has 0 radical (unpaired) electrons. The molecule has 13 heavy (non-hydrogen) atoms. The van der Waals surface area contributed by atoms with Crippen molar-refractivity contribution in [1.82, 2.24) is 9.55 Å². The summed E-state index contributed by atoms with van der Waals surface area (Å²) < 4.78 is 23.6. The maximum atomic E-state index is 10.8. The van der Waals surface area contributed by atoms with Crippen LogP contribution in [0.1, 0.15) is 17.9 Å². The standard InChI is InChI=1S/C7H9ClN2O2S/c8-13(11,12)5-6-4-9-7-2-1-3-10(6)7/h4H,1-3,5H2. The van der Waals surface area contributed by atoms with Gasteiger partial charge in [-0.2, -0.15) is 0 Å². The van der Waals surface area contributed by atoms with Crippen LogP contribution in [0.2, 0.25) is 0 Å². The molecule has 0 amide bonds. The highest BCUT2D eigenvalue weighted by molar-refractivity contribution is 8.13. The Morgan fingerprint density at radius 2 is 2.38 bits per heavy atom. The lowest BCUT2D eigenvalue weighted by Crippen LogP contribution is -2.03. The summed E-state index contributed by atoms with van der Waals surface area (Å²) in [4.78, 5) is 4.12. The molecule has 2 heterocycles. The van der Waals surface area contributed by atoms with E-state index in [0.717, 1.165) is 25.2 Å². The molecule has 0 spiro atoms. The summed E-state index contributed by atoms with van der Waals surface area (Å²) in [6.45, 7) is 0.858. The molecule has 0 fully saturated rings. The summed E-state index contributed by atoms with van der Waals surface area (Å²) in [5.41, 5.74) is 0.697. The monoisotopic (exact) mass is 220 g/mol. The quantitative estimate of drug-likeness (QED) is 0.696. The van der Waals surface area contributed by atoms with Gasteiger partial charge in [-0.05, 0) is 6.42 Å². The topological polar surface area (TPSA) is 52.0 Å². The molecule has 0 atom stereocenters. The second-order valence-corrected chi connectivity index (χ2v) is 5.88. The lowest BCUT2D eigenvalue weighted by Gasteiger charge is -2.01. The Morgan fingerprint density at radius 3 is 3.08 bits per heavy atom. The lowest BCUT2D eigenvalue weighted by molar-refractivity contribution is 0.605. The van der Waals surface area contributed by atoms with Gasteiger partial charge in [-0.3, -0.25) is 0 Å². The maximum absolute atomic E-state index is 10.8. The van der Waals surface area contributed by atoms with E-state index in [-0.39, 0.29) is 5.75 Å². The Kier molecular flexibility index (Phi) is 2.08. The molecule has 1 aromatic heterocycles. The van der Waals surface area contributed by atoms with E-state index in [0.29, 0.717) is 5.69 Å². The average Bonchev–Trinajstić information content (AvgIpc) is 2.50. The van der Waals surface area contributed by atoms with Crippen LogP contribution in [0.3, 0.4) is 0 Å². The van der Waals surface area contributed by atoms with Crippen molar-refractivity contribution in [1.29, 1.82) is 0 Å². The van der Waals surface area contributed by atoms with E-state index >= 15 is 0 Å². The van der Waals surface area contributed by atoms with Gasteiger partial charge in [-0.15, -0.1) is 0 Å². The van der Waals surface area contributed by atoms with Gasteiger partial charge in [0.2, 0.25) is 9.05 Å². The van der Waals surface area contributed by atoms with Crippen molar-refractivity contribution in [3.63, 3.8) is 0 Å². The molecule has 1 aliphatic rings. The molecule has 4 nitrogen and oxygen atoms in total. The Labute approximate surface area is 81.0 Å². The second kappa shape index (κ2) is 2.99. The van der Waals surface area contributed by atoms with Crippen molar-refractivity contribution in [2.24, 2.45) is 0 Å². The van der Waals surface area contributed by atoms with Crippen LogP contribution in [0.5, 0.6) is 0 Å². The minimum atomic E-state index is -3.46. The second-order valence-electron chi connectivity index (χ2n) is 3.10. The first-order valence-corrected chi connectivity index (χ1v) is 6.50. The highest BCUT2D eigenvalue weighted by Gasteiger charge is 2.18. The first-order valence-electron chi connectivity index (χ1n) is 4.02. The van der Waals surface area contributed by atoms with Crippen LogP contribution in [-0.2, 0) is 27.8 Å². The summed E-state index contributed by atoms with van der Waals surface area (Å²) in [7, 11) is 1.70. The van der Waals surface area contributed by atoms with Gasteiger partial charge < -0.3 is 4.57 Å². The largest absolute Gasteiger partial charge is 0.331 e. The predicted molar refractivity (Wildman–Crippen MR) is 49.0 cm³/mol. The van der Waals surface area contributed by atoms with E-state index in [2.05, 4.69) is 4.98 Å². The van der Waals surface area contributed by atoms with Gasteiger partial charge in [-0.1, -0.05) is 0 Å². The zero-order chi connectivity index (χ0) is 9.47. The van der Waals surface area contributed by atoms with E-state index in [1.807, 2.05) is 4.57 Å². The van der Waals surface area contributed by atoms with Crippen molar-refractivity contribution >= 4 is 19.7 Å². The zero-order valence-electron chi connectivity index (χ0n) is 6.90. The van der Waals surface area contributed by atoms with E-state index in [1.165, 1.54) is 0 Å². The van der Waals surface area contributed by atoms with Crippen LogP contribution in [0.4, 0.5) is 0 Å². The number of hydrogen-bond acceptors (Lipinski definition) is 3. The SMILES string of the molecule is O=S(=O)(Cl)Cc1cnc2n1CCC2. The van der Waals surface area contributed by atoms with Gasteiger partial charge in [0.25, 0.3) is 0 Å². The molecule has 0 unspecified atom stereocenters. The molecule has 1 aromatic rings. The highest BCUT2D eigenvalue weighted by Crippen LogP contribution is 2.18. The van der Waals surface area contributed by atoms with E-state index in [1.54, 1.807) is 6.20 Å². The summed E-state index contributed by atoms with van der Waals surface area (Å²) in [5.74, 6) is 0.844. The van der Waals surface area contributed by atoms with Crippen LogP contribution in [-0.4, -0.2) is 18.0 Å². The van der Waals surface area contributed by atoms with Gasteiger partial charge in [0.05, 0.1) is 5.69 Å². The molecule has 1 aliphatic heterocycles. The van der Waals surface area contributed by atoms with Crippen LogP contribution in [0.15, 0.2) is 6.20 Å². The first-order chi connectivity index (χ1) is 6.06. The number of nitrogens with zero attached hydrogens (tertiary/aromatic N) is 2. The molecule has 2 rings (SSSR count). The summed E-state index contributed by atoms with van der Waals surface area (Å²) >= 11 is 0. The number of rotatable bonds is 2. The van der Waals surface area contributed by atoms with E-state index < -0.39 is 9.05 Å². The first kappa shape index (κ1) is 9.02. The van der Waals surface area contributed by atoms with Gasteiger partial charge in [-0.25, -0.2) is 13.4 Å². The lowest BCUT2D eigenvalue weighted by atomic mass is 10.4. The maximum Gasteiger partial charge on any atom is 0.238 e. The van der Waals surface area contributed by atoms with Crippen molar-refractivity contribution in [2.45, 2.75) is 25.1 Å². The fourth-order valence-corrected chi connectivity index (χ4v) is 2.53. The van der Waals surface area contributed by atoms with Gasteiger partial charge in [0.15, 0.2) is 0 Å². The molecule has 0 aromatic carbocycles.